The number of hydrogen-bond acceptors (Lipinski definition) is 5. The third-order valence-corrected chi connectivity index (χ3v) is 3.72. The molecule has 114 valence electrons. The molecule has 5 heteroatoms. The molecule has 0 saturated carbocycles. The van der Waals surface area contributed by atoms with Gasteiger partial charge in [0, 0.05) is 0 Å². The summed E-state index contributed by atoms with van der Waals surface area (Å²) in [7, 11) is 0. The van der Waals surface area contributed by atoms with E-state index in [-0.39, 0.29) is 6.42 Å². The van der Waals surface area contributed by atoms with Crippen molar-refractivity contribution in [1.29, 1.82) is 0 Å². The Labute approximate surface area is 131 Å². The van der Waals surface area contributed by atoms with Gasteiger partial charge in [0.2, 0.25) is 6.29 Å². The van der Waals surface area contributed by atoms with Crippen LogP contribution in [0.15, 0.2) is 63.8 Å². The molecule has 0 amide bonds. The van der Waals surface area contributed by atoms with Gasteiger partial charge in [0.15, 0.2) is 0 Å². The van der Waals surface area contributed by atoms with E-state index in [0.717, 1.165) is 0 Å². The summed E-state index contributed by atoms with van der Waals surface area (Å²) in [5, 5.41) is 0.695. The van der Waals surface area contributed by atoms with Crippen molar-refractivity contribution >= 4 is 16.9 Å². The van der Waals surface area contributed by atoms with Crippen LogP contribution in [-0.4, -0.2) is 12.3 Å². The summed E-state index contributed by atoms with van der Waals surface area (Å²) >= 11 is 0. The van der Waals surface area contributed by atoms with Gasteiger partial charge in [0.25, 0.3) is 0 Å². The van der Waals surface area contributed by atoms with E-state index in [1.165, 1.54) is 0 Å². The smallest absolute Gasteiger partial charge is 0.343 e. The topological polar surface area (TPSA) is 65.7 Å². The zero-order valence-electron chi connectivity index (χ0n) is 12.0. The predicted molar refractivity (Wildman–Crippen MR) is 82.5 cm³/mol. The lowest BCUT2D eigenvalue weighted by atomic mass is 10.1. The van der Waals surface area contributed by atoms with Gasteiger partial charge in [-0.25, -0.2) is 9.59 Å². The van der Waals surface area contributed by atoms with Gasteiger partial charge >= 0.3 is 11.6 Å². The summed E-state index contributed by atoms with van der Waals surface area (Å²) in [5.74, 6) is -0.0557. The second kappa shape index (κ2) is 5.28. The van der Waals surface area contributed by atoms with Gasteiger partial charge in [-0.1, -0.05) is 30.3 Å². The normalized spacial score (nSPS) is 15.9. The first-order valence-corrected chi connectivity index (χ1v) is 7.20. The van der Waals surface area contributed by atoms with E-state index in [2.05, 4.69) is 0 Å². The molecule has 0 radical (unpaired) electrons. The van der Waals surface area contributed by atoms with Crippen LogP contribution in [0.25, 0.3) is 11.0 Å². The van der Waals surface area contributed by atoms with Crippen LogP contribution in [0.5, 0.6) is 5.75 Å². The molecule has 23 heavy (non-hydrogen) atoms. The molecule has 0 aliphatic carbocycles. The van der Waals surface area contributed by atoms with E-state index in [1.807, 2.05) is 12.1 Å². The van der Waals surface area contributed by atoms with Crippen molar-refractivity contribution in [1.82, 2.24) is 0 Å². The van der Waals surface area contributed by atoms with Crippen molar-refractivity contribution in [2.75, 3.05) is 0 Å². The van der Waals surface area contributed by atoms with E-state index < -0.39 is 17.9 Å². The molecule has 1 atom stereocenters. The van der Waals surface area contributed by atoms with E-state index >= 15 is 0 Å². The molecule has 4 rings (SSSR count). The van der Waals surface area contributed by atoms with Gasteiger partial charge in [-0.3, -0.25) is 0 Å². The Morgan fingerprint density at radius 1 is 1.04 bits per heavy atom. The Kier molecular flexibility index (Phi) is 3.12. The monoisotopic (exact) mass is 308 g/mol. The summed E-state index contributed by atoms with van der Waals surface area (Å²) in [6, 6.07) is 15.8. The van der Waals surface area contributed by atoms with Crippen molar-refractivity contribution in [2.45, 2.75) is 12.7 Å². The van der Waals surface area contributed by atoms with Crippen molar-refractivity contribution in [3.63, 3.8) is 0 Å². The zero-order valence-corrected chi connectivity index (χ0v) is 12.0. The van der Waals surface area contributed by atoms with Crippen molar-refractivity contribution in [3.8, 4) is 5.75 Å². The molecule has 0 bridgehead atoms. The van der Waals surface area contributed by atoms with Gasteiger partial charge in [-0.15, -0.1) is 0 Å². The number of rotatable bonds is 2. The zero-order chi connectivity index (χ0) is 15.8. The fourth-order valence-corrected chi connectivity index (χ4v) is 2.64. The number of hydrogen-bond donors (Lipinski definition) is 0. The molecule has 1 unspecified atom stereocenters. The first kappa shape index (κ1) is 13.6. The predicted octanol–water partition coefficient (Wildman–Crippen LogP) is 2.91. The van der Waals surface area contributed by atoms with Crippen LogP contribution >= 0.6 is 0 Å². The molecule has 1 aliphatic heterocycles. The molecule has 3 aromatic rings. The Morgan fingerprint density at radius 2 is 1.78 bits per heavy atom. The Hall–Kier alpha value is -3.08. The van der Waals surface area contributed by atoms with E-state index in [9.17, 15) is 9.59 Å². The van der Waals surface area contributed by atoms with Gasteiger partial charge in [0.05, 0.1) is 22.9 Å². The molecule has 5 nitrogen and oxygen atoms in total. The van der Waals surface area contributed by atoms with Crippen LogP contribution in [-0.2, 0) is 11.2 Å². The Balaban J connectivity index is 1.63. The van der Waals surface area contributed by atoms with Gasteiger partial charge in [0.1, 0.15) is 11.3 Å². The highest BCUT2D eigenvalue weighted by molar-refractivity contribution is 5.89. The standard InChI is InChI=1S/C18H12O5/c19-17(11-6-2-1-3-7-11)23-15-10-13-16(22-15)12-8-4-5-9-14(12)21-18(13)20/h1-9,15H,10H2. The number of carbonyl (C=O) groups is 1. The fraction of sp³-hybridized carbons (Fsp3) is 0.111. The quantitative estimate of drug-likeness (QED) is 0.538. The first-order chi connectivity index (χ1) is 11.2. The van der Waals surface area contributed by atoms with E-state index in [4.69, 9.17) is 13.9 Å². The molecule has 1 aromatic heterocycles. The second-order valence-corrected chi connectivity index (χ2v) is 5.22. The summed E-state index contributed by atoms with van der Waals surface area (Å²) in [4.78, 5) is 24.1. The fourth-order valence-electron chi connectivity index (χ4n) is 2.64. The summed E-state index contributed by atoms with van der Waals surface area (Å²) in [5.41, 5.74) is 0.821. The van der Waals surface area contributed by atoms with Crippen LogP contribution in [0, 0.1) is 0 Å². The summed E-state index contributed by atoms with van der Waals surface area (Å²) < 4.78 is 16.3. The molecular formula is C18H12O5. The van der Waals surface area contributed by atoms with Gasteiger partial charge < -0.3 is 13.9 Å². The second-order valence-electron chi connectivity index (χ2n) is 5.22. The average Bonchev–Trinajstić information content (AvgIpc) is 3.00. The number of para-hydroxylation sites is 1. The third kappa shape index (κ3) is 2.36. The summed E-state index contributed by atoms with van der Waals surface area (Å²) in [6.07, 6.45) is -0.646. The Morgan fingerprint density at radius 3 is 2.61 bits per heavy atom. The number of esters is 1. The largest absolute Gasteiger partial charge is 0.453 e. The third-order valence-electron chi connectivity index (χ3n) is 3.72. The maximum absolute atomic E-state index is 12.1. The molecule has 2 heterocycles. The van der Waals surface area contributed by atoms with Gasteiger partial charge in [-0.2, -0.15) is 0 Å². The number of ether oxygens (including phenoxy) is 2. The molecule has 0 spiro atoms. The van der Waals surface area contributed by atoms with Crippen LogP contribution in [0.1, 0.15) is 15.9 Å². The highest BCUT2D eigenvalue weighted by atomic mass is 16.7. The maximum atomic E-state index is 12.1. The average molecular weight is 308 g/mol. The van der Waals surface area contributed by atoms with Crippen molar-refractivity contribution in [3.05, 3.63) is 76.1 Å². The number of fused-ring (bicyclic) bond motifs is 3. The molecule has 0 saturated heterocycles. The molecule has 0 N–H and O–H groups in total. The molecular weight excluding hydrogens is 296 g/mol. The number of carbonyl (C=O) groups excluding carboxylic acids is 1. The minimum absolute atomic E-state index is 0.182. The number of benzene rings is 2. The lowest BCUT2D eigenvalue weighted by Crippen LogP contribution is -2.22. The van der Waals surface area contributed by atoms with E-state index in [0.29, 0.717) is 27.8 Å². The lowest BCUT2D eigenvalue weighted by molar-refractivity contribution is -0.0356. The van der Waals surface area contributed by atoms with Crippen molar-refractivity contribution < 1.29 is 18.7 Å². The van der Waals surface area contributed by atoms with Crippen LogP contribution in [0.3, 0.4) is 0 Å². The first-order valence-electron chi connectivity index (χ1n) is 7.20. The Bertz CT molecular complexity index is 943. The molecule has 2 aromatic carbocycles. The lowest BCUT2D eigenvalue weighted by Gasteiger charge is -2.12. The van der Waals surface area contributed by atoms with Crippen LogP contribution in [0.4, 0.5) is 0 Å². The van der Waals surface area contributed by atoms with Crippen molar-refractivity contribution in [2.24, 2.45) is 0 Å². The highest BCUT2D eigenvalue weighted by Gasteiger charge is 2.31. The maximum Gasteiger partial charge on any atom is 0.343 e. The van der Waals surface area contributed by atoms with Crippen LogP contribution < -0.4 is 10.4 Å². The minimum Gasteiger partial charge on any atom is -0.453 e. The molecule has 1 aliphatic rings. The van der Waals surface area contributed by atoms with Crippen LogP contribution in [0.2, 0.25) is 0 Å². The molecule has 0 fully saturated rings. The minimum atomic E-state index is -0.827. The van der Waals surface area contributed by atoms with Gasteiger partial charge in [-0.05, 0) is 24.3 Å². The highest BCUT2D eigenvalue weighted by Crippen LogP contribution is 2.34. The SMILES string of the molecule is O=C(OC1Cc2c(c3ccccc3oc2=O)O1)c1ccccc1. The van der Waals surface area contributed by atoms with E-state index in [1.54, 1.807) is 42.5 Å². The summed E-state index contributed by atoms with van der Waals surface area (Å²) in [6.45, 7) is 0.